The Morgan fingerprint density at radius 2 is 2.36 bits per heavy atom. The number of carbonyl (C=O) groups excluding carboxylic acids is 1. The standard InChI is InChI=1S/C9H10N2O3/c1-5(12)8-10-7-2-3-14-4-6(7)9(13)11-8/h2-4H2,1H3,(H,10,11,13). The molecule has 0 unspecified atom stereocenters. The second-order valence-electron chi connectivity index (χ2n) is 3.20. The first-order valence-corrected chi connectivity index (χ1v) is 4.39. The van der Waals surface area contributed by atoms with Crippen LogP contribution < -0.4 is 5.56 Å². The number of fused-ring (bicyclic) bond motifs is 1. The van der Waals surface area contributed by atoms with Crippen molar-refractivity contribution in [2.24, 2.45) is 0 Å². The summed E-state index contributed by atoms with van der Waals surface area (Å²) in [7, 11) is 0. The predicted octanol–water partition coefficient (Wildman–Crippen LogP) is 0.0452. The molecule has 74 valence electrons. The number of nitrogens with zero attached hydrogens (tertiary/aromatic N) is 1. The summed E-state index contributed by atoms with van der Waals surface area (Å²) >= 11 is 0. The predicted molar refractivity (Wildman–Crippen MR) is 48.2 cm³/mol. The quantitative estimate of drug-likeness (QED) is 0.641. The highest BCUT2D eigenvalue weighted by Gasteiger charge is 2.16. The van der Waals surface area contributed by atoms with Crippen molar-refractivity contribution < 1.29 is 9.53 Å². The summed E-state index contributed by atoms with van der Waals surface area (Å²) in [5.74, 6) is -0.0907. The molecule has 0 fully saturated rings. The van der Waals surface area contributed by atoms with E-state index in [0.717, 1.165) is 0 Å². The molecule has 1 aliphatic rings. The molecule has 1 aliphatic heterocycles. The molecule has 1 aromatic heterocycles. The van der Waals surface area contributed by atoms with Gasteiger partial charge in [0.05, 0.1) is 24.5 Å². The molecule has 0 aliphatic carbocycles. The maximum absolute atomic E-state index is 11.5. The fourth-order valence-corrected chi connectivity index (χ4v) is 1.41. The van der Waals surface area contributed by atoms with Crippen molar-refractivity contribution in [2.75, 3.05) is 6.61 Å². The van der Waals surface area contributed by atoms with Crippen LogP contribution in [0.4, 0.5) is 0 Å². The van der Waals surface area contributed by atoms with Crippen molar-refractivity contribution >= 4 is 5.78 Å². The van der Waals surface area contributed by atoms with Crippen molar-refractivity contribution in [3.63, 3.8) is 0 Å². The van der Waals surface area contributed by atoms with Crippen molar-refractivity contribution in [1.82, 2.24) is 9.97 Å². The third-order valence-electron chi connectivity index (χ3n) is 2.16. The lowest BCUT2D eigenvalue weighted by Gasteiger charge is -2.14. The van der Waals surface area contributed by atoms with Gasteiger partial charge in [-0.2, -0.15) is 0 Å². The van der Waals surface area contributed by atoms with Crippen LogP contribution in [0.3, 0.4) is 0 Å². The number of aromatic amines is 1. The molecule has 0 spiro atoms. The van der Waals surface area contributed by atoms with Crippen LogP contribution in [0.5, 0.6) is 0 Å². The number of nitrogens with one attached hydrogen (secondary N) is 1. The van der Waals surface area contributed by atoms with Gasteiger partial charge in [0, 0.05) is 13.3 Å². The Morgan fingerprint density at radius 1 is 1.57 bits per heavy atom. The smallest absolute Gasteiger partial charge is 0.257 e. The number of hydrogen-bond donors (Lipinski definition) is 1. The van der Waals surface area contributed by atoms with E-state index < -0.39 is 0 Å². The van der Waals surface area contributed by atoms with E-state index in [9.17, 15) is 9.59 Å². The molecule has 0 saturated heterocycles. The maximum Gasteiger partial charge on any atom is 0.257 e. The van der Waals surface area contributed by atoms with E-state index in [1.54, 1.807) is 0 Å². The molecule has 2 heterocycles. The maximum atomic E-state index is 11.5. The van der Waals surface area contributed by atoms with Crippen LogP contribution in [-0.2, 0) is 17.8 Å². The molecule has 0 bridgehead atoms. The monoisotopic (exact) mass is 194 g/mol. The lowest BCUT2D eigenvalue weighted by molar-refractivity contribution is 0.0990. The molecule has 0 radical (unpaired) electrons. The molecule has 14 heavy (non-hydrogen) atoms. The molecule has 5 heteroatoms. The highest BCUT2D eigenvalue weighted by atomic mass is 16.5. The summed E-state index contributed by atoms with van der Waals surface area (Å²) < 4.78 is 5.13. The van der Waals surface area contributed by atoms with Crippen LogP contribution in [-0.4, -0.2) is 22.4 Å². The minimum absolute atomic E-state index is 0.135. The van der Waals surface area contributed by atoms with E-state index in [-0.39, 0.29) is 23.8 Å². The molecular formula is C9H10N2O3. The van der Waals surface area contributed by atoms with Crippen LogP contribution in [0.1, 0.15) is 28.8 Å². The fourth-order valence-electron chi connectivity index (χ4n) is 1.41. The van der Waals surface area contributed by atoms with E-state index in [1.807, 2.05) is 0 Å². The van der Waals surface area contributed by atoms with Crippen molar-refractivity contribution in [3.05, 3.63) is 27.4 Å². The number of ketones is 1. The SMILES string of the molecule is CC(=O)c1nc2c(c(=O)[nH]1)COCC2. The zero-order chi connectivity index (χ0) is 10.1. The molecule has 1 N–H and O–H groups in total. The summed E-state index contributed by atoms with van der Waals surface area (Å²) in [4.78, 5) is 29.0. The summed E-state index contributed by atoms with van der Waals surface area (Å²) in [5, 5.41) is 0. The van der Waals surface area contributed by atoms with Gasteiger partial charge in [0.1, 0.15) is 0 Å². The van der Waals surface area contributed by atoms with Gasteiger partial charge >= 0.3 is 0 Å². The average Bonchev–Trinajstić information content (AvgIpc) is 2.17. The van der Waals surface area contributed by atoms with Gasteiger partial charge in [-0.3, -0.25) is 9.59 Å². The minimum atomic E-state index is -0.264. The van der Waals surface area contributed by atoms with Gasteiger partial charge in [-0.15, -0.1) is 0 Å². The van der Waals surface area contributed by atoms with Crippen molar-refractivity contribution in [3.8, 4) is 0 Å². The van der Waals surface area contributed by atoms with Gasteiger partial charge in [0.15, 0.2) is 11.6 Å². The number of carbonyl (C=O) groups is 1. The van der Waals surface area contributed by atoms with Gasteiger partial charge < -0.3 is 9.72 Å². The summed E-state index contributed by atoms with van der Waals surface area (Å²) in [5.41, 5.74) is 0.964. The molecule has 5 nitrogen and oxygen atoms in total. The first-order valence-electron chi connectivity index (χ1n) is 4.39. The van der Waals surface area contributed by atoms with Gasteiger partial charge in [-0.1, -0.05) is 0 Å². The molecule has 0 aromatic carbocycles. The van der Waals surface area contributed by atoms with Crippen LogP contribution in [0.25, 0.3) is 0 Å². The zero-order valence-electron chi connectivity index (χ0n) is 7.79. The summed E-state index contributed by atoms with van der Waals surface area (Å²) in [6.45, 7) is 2.22. The van der Waals surface area contributed by atoms with Gasteiger partial charge in [0.25, 0.3) is 5.56 Å². The summed E-state index contributed by atoms with van der Waals surface area (Å²) in [6.07, 6.45) is 0.597. The van der Waals surface area contributed by atoms with E-state index in [4.69, 9.17) is 4.74 Å². The Kier molecular flexibility index (Phi) is 2.17. The summed E-state index contributed by atoms with van der Waals surface area (Å²) in [6, 6.07) is 0. The largest absolute Gasteiger partial charge is 0.376 e. The van der Waals surface area contributed by atoms with Crippen molar-refractivity contribution in [2.45, 2.75) is 20.0 Å². The molecule has 0 atom stereocenters. The molecule has 2 rings (SSSR count). The Bertz CT molecular complexity index is 436. The first-order chi connectivity index (χ1) is 6.68. The highest BCUT2D eigenvalue weighted by molar-refractivity contribution is 5.90. The first kappa shape index (κ1) is 9.08. The number of rotatable bonds is 1. The van der Waals surface area contributed by atoms with Gasteiger partial charge in [-0.25, -0.2) is 4.98 Å². The van der Waals surface area contributed by atoms with Crippen LogP contribution in [0.15, 0.2) is 4.79 Å². The van der Waals surface area contributed by atoms with Gasteiger partial charge in [-0.05, 0) is 0 Å². The molecular weight excluding hydrogens is 184 g/mol. The number of H-pyrrole nitrogens is 1. The van der Waals surface area contributed by atoms with E-state index in [1.165, 1.54) is 6.92 Å². The molecule has 0 saturated carbocycles. The number of aromatic nitrogens is 2. The highest BCUT2D eigenvalue weighted by Crippen LogP contribution is 2.09. The Balaban J connectivity index is 2.57. The Hall–Kier alpha value is -1.49. The third-order valence-corrected chi connectivity index (χ3v) is 2.16. The fraction of sp³-hybridized carbons (Fsp3) is 0.444. The number of hydrogen-bond acceptors (Lipinski definition) is 4. The minimum Gasteiger partial charge on any atom is -0.376 e. The lowest BCUT2D eigenvalue weighted by atomic mass is 10.1. The Labute approximate surface area is 80.1 Å². The average molecular weight is 194 g/mol. The lowest BCUT2D eigenvalue weighted by Crippen LogP contribution is -2.26. The number of ether oxygens (including phenoxy) is 1. The van der Waals surface area contributed by atoms with Crippen molar-refractivity contribution in [1.29, 1.82) is 0 Å². The third kappa shape index (κ3) is 1.46. The van der Waals surface area contributed by atoms with Gasteiger partial charge in [0.2, 0.25) is 0 Å². The topological polar surface area (TPSA) is 72.0 Å². The van der Waals surface area contributed by atoms with E-state index in [0.29, 0.717) is 24.3 Å². The molecule has 1 aromatic rings. The second kappa shape index (κ2) is 3.34. The van der Waals surface area contributed by atoms with Crippen LogP contribution in [0, 0.1) is 0 Å². The van der Waals surface area contributed by atoms with E-state index >= 15 is 0 Å². The normalized spacial score (nSPS) is 14.9. The number of Topliss-reactive ketones (excluding diaryl/α,β-unsaturated/α-hetero) is 1. The zero-order valence-corrected chi connectivity index (χ0v) is 7.79. The van der Waals surface area contributed by atoms with Crippen LogP contribution >= 0.6 is 0 Å². The Morgan fingerprint density at radius 3 is 3.07 bits per heavy atom. The van der Waals surface area contributed by atoms with E-state index in [2.05, 4.69) is 9.97 Å². The second-order valence-corrected chi connectivity index (χ2v) is 3.20. The molecule has 0 amide bonds. The van der Waals surface area contributed by atoms with Crippen LogP contribution in [0.2, 0.25) is 0 Å².